The van der Waals surface area contributed by atoms with Crippen LogP contribution in [0.2, 0.25) is 0 Å². The van der Waals surface area contributed by atoms with Gasteiger partial charge in [0.05, 0.1) is 0 Å². The van der Waals surface area contributed by atoms with Crippen LogP contribution in [0, 0.1) is 0 Å². The number of hydrogen-bond donors (Lipinski definition) is 2. The fraction of sp³-hybridized carbons (Fsp3) is 0.333. The Morgan fingerprint density at radius 1 is 1.05 bits per heavy atom. The number of hydrogen-bond acceptors (Lipinski definition) is 2. The van der Waals surface area contributed by atoms with Crippen LogP contribution in [-0.2, 0) is 5.60 Å². The van der Waals surface area contributed by atoms with Crippen LogP contribution in [0.4, 0.5) is 5.69 Å². The van der Waals surface area contributed by atoms with E-state index in [0.29, 0.717) is 12.5 Å². The number of rotatable bonds is 5. The Kier molecular flexibility index (Phi) is 4.46. The smallest absolute Gasteiger partial charge is 0.104 e. The lowest BCUT2D eigenvalue weighted by molar-refractivity contribution is 0.0715. The van der Waals surface area contributed by atoms with Crippen LogP contribution in [0.3, 0.4) is 0 Å². The molecule has 2 aromatic carbocycles. The van der Waals surface area contributed by atoms with Gasteiger partial charge >= 0.3 is 0 Å². The summed E-state index contributed by atoms with van der Waals surface area (Å²) in [5.41, 5.74) is 2.39. The summed E-state index contributed by atoms with van der Waals surface area (Å²) < 4.78 is 0. The molecule has 0 spiro atoms. The summed E-state index contributed by atoms with van der Waals surface area (Å²) in [6.45, 7) is 6.68. The maximum Gasteiger partial charge on any atom is 0.104 e. The van der Waals surface area contributed by atoms with E-state index in [2.05, 4.69) is 37.4 Å². The molecule has 2 N–H and O–H groups in total. The Balaban J connectivity index is 2.06. The fourth-order valence-corrected chi connectivity index (χ4v) is 2.18. The molecule has 0 saturated carbocycles. The maximum atomic E-state index is 10.6. The molecule has 0 heterocycles. The van der Waals surface area contributed by atoms with Gasteiger partial charge in [-0.25, -0.2) is 0 Å². The van der Waals surface area contributed by atoms with Gasteiger partial charge in [-0.05, 0) is 36.1 Å². The molecule has 0 aliphatic carbocycles. The SMILES string of the molecule is CC(C)c1cccc(NCC(C)(O)c2ccccc2)c1. The zero-order valence-corrected chi connectivity index (χ0v) is 12.4. The van der Waals surface area contributed by atoms with Crippen LogP contribution in [0.15, 0.2) is 54.6 Å². The second kappa shape index (κ2) is 6.10. The second-order valence-electron chi connectivity index (χ2n) is 5.77. The van der Waals surface area contributed by atoms with Crippen LogP contribution in [0.25, 0.3) is 0 Å². The Morgan fingerprint density at radius 3 is 2.40 bits per heavy atom. The fourth-order valence-electron chi connectivity index (χ4n) is 2.18. The van der Waals surface area contributed by atoms with Gasteiger partial charge in [0, 0.05) is 12.2 Å². The average molecular weight is 269 g/mol. The van der Waals surface area contributed by atoms with Gasteiger partial charge in [0.25, 0.3) is 0 Å². The van der Waals surface area contributed by atoms with Crippen LogP contribution in [0.1, 0.15) is 37.8 Å². The summed E-state index contributed by atoms with van der Waals surface area (Å²) in [7, 11) is 0. The van der Waals surface area contributed by atoms with Crippen molar-refractivity contribution in [3.63, 3.8) is 0 Å². The highest BCUT2D eigenvalue weighted by Crippen LogP contribution is 2.23. The summed E-state index contributed by atoms with van der Waals surface area (Å²) in [6.07, 6.45) is 0. The predicted molar refractivity (Wildman–Crippen MR) is 85.0 cm³/mol. The van der Waals surface area contributed by atoms with Gasteiger partial charge in [-0.1, -0.05) is 56.3 Å². The summed E-state index contributed by atoms with van der Waals surface area (Å²) >= 11 is 0. The minimum atomic E-state index is -0.880. The molecule has 0 fully saturated rings. The van der Waals surface area contributed by atoms with E-state index in [9.17, 15) is 5.11 Å². The highest BCUT2D eigenvalue weighted by molar-refractivity contribution is 5.47. The third-order valence-corrected chi connectivity index (χ3v) is 3.59. The van der Waals surface area contributed by atoms with E-state index in [4.69, 9.17) is 0 Å². The van der Waals surface area contributed by atoms with Crippen molar-refractivity contribution < 1.29 is 5.11 Å². The van der Waals surface area contributed by atoms with Crippen molar-refractivity contribution in [1.82, 2.24) is 0 Å². The Morgan fingerprint density at radius 2 is 1.75 bits per heavy atom. The molecule has 1 atom stereocenters. The molecule has 0 aromatic heterocycles. The lowest BCUT2D eigenvalue weighted by atomic mass is 9.96. The van der Waals surface area contributed by atoms with Crippen molar-refractivity contribution in [2.75, 3.05) is 11.9 Å². The molecule has 2 heteroatoms. The molecule has 2 rings (SSSR count). The highest BCUT2D eigenvalue weighted by Gasteiger charge is 2.22. The number of aliphatic hydroxyl groups is 1. The molecule has 1 unspecified atom stereocenters. The van der Waals surface area contributed by atoms with E-state index < -0.39 is 5.60 Å². The molecule has 0 radical (unpaired) electrons. The standard InChI is InChI=1S/C18H23NO/c1-14(2)15-8-7-11-17(12-15)19-13-18(3,20)16-9-5-4-6-10-16/h4-12,14,19-20H,13H2,1-3H3. The van der Waals surface area contributed by atoms with Crippen LogP contribution >= 0.6 is 0 Å². The van der Waals surface area contributed by atoms with Gasteiger partial charge in [-0.2, -0.15) is 0 Å². The van der Waals surface area contributed by atoms with Gasteiger partial charge in [0.15, 0.2) is 0 Å². The first-order chi connectivity index (χ1) is 9.49. The molecule has 2 nitrogen and oxygen atoms in total. The predicted octanol–water partition coefficient (Wildman–Crippen LogP) is 4.13. The van der Waals surface area contributed by atoms with Gasteiger partial charge in [0.2, 0.25) is 0 Å². The minimum absolute atomic E-state index is 0.485. The molecule has 0 aliphatic rings. The van der Waals surface area contributed by atoms with E-state index in [-0.39, 0.29) is 0 Å². The summed E-state index contributed by atoms with van der Waals surface area (Å²) in [5, 5.41) is 13.9. The Hall–Kier alpha value is -1.80. The number of benzene rings is 2. The molecular formula is C18H23NO. The first-order valence-corrected chi connectivity index (χ1v) is 7.11. The monoisotopic (exact) mass is 269 g/mol. The summed E-state index contributed by atoms with van der Waals surface area (Å²) in [5.74, 6) is 0.506. The molecule has 0 saturated heterocycles. The average Bonchev–Trinajstić information content (AvgIpc) is 2.46. The van der Waals surface area contributed by atoms with Gasteiger partial charge in [-0.3, -0.25) is 0 Å². The lowest BCUT2D eigenvalue weighted by Crippen LogP contribution is -2.30. The molecule has 106 valence electrons. The minimum Gasteiger partial charge on any atom is -0.384 e. The summed E-state index contributed by atoms with van der Waals surface area (Å²) in [6, 6.07) is 18.1. The Bertz CT molecular complexity index is 546. The van der Waals surface area contributed by atoms with Crippen molar-refractivity contribution in [3.8, 4) is 0 Å². The molecule has 20 heavy (non-hydrogen) atoms. The van der Waals surface area contributed by atoms with Crippen molar-refractivity contribution in [1.29, 1.82) is 0 Å². The molecule has 0 bridgehead atoms. The quantitative estimate of drug-likeness (QED) is 0.855. The van der Waals surface area contributed by atoms with Crippen molar-refractivity contribution in [2.24, 2.45) is 0 Å². The molecule has 0 amide bonds. The number of nitrogens with one attached hydrogen (secondary N) is 1. The van der Waals surface area contributed by atoms with E-state index in [1.54, 1.807) is 0 Å². The zero-order chi connectivity index (χ0) is 14.6. The number of anilines is 1. The molecule has 0 aliphatic heterocycles. The van der Waals surface area contributed by atoms with Gasteiger partial charge in [-0.15, -0.1) is 0 Å². The van der Waals surface area contributed by atoms with Crippen LogP contribution < -0.4 is 5.32 Å². The van der Waals surface area contributed by atoms with Crippen molar-refractivity contribution in [2.45, 2.75) is 32.3 Å². The third-order valence-electron chi connectivity index (χ3n) is 3.59. The maximum absolute atomic E-state index is 10.6. The largest absolute Gasteiger partial charge is 0.384 e. The second-order valence-corrected chi connectivity index (χ2v) is 5.77. The van der Waals surface area contributed by atoms with Gasteiger partial charge in [0.1, 0.15) is 5.60 Å². The van der Waals surface area contributed by atoms with Crippen molar-refractivity contribution >= 4 is 5.69 Å². The lowest BCUT2D eigenvalue weighted by Gasteiger charge is -2.25. The zero-order valence-electron chi connectivity index (χ0n) is 12.4. The highest BCUT2D eigenvalue weighted by atomic mass is 16.3. The first-order valence-electron chi connectivity index (χ1n) is 7.11. The summed E-state index contributed by atoms with van der Waals surface area (Å²) in [4.78, 5) is 0. The topological polar surface area (TPSA) is 32.3 Å². The van der Waals surface area contributed by atoms with Crippen molar-refractivity contribution in [3.05, 3.63) is 65.7 Å². The first kappa shape index (κ1) is 14.6. The normalized spacial score (nSPS) is 14.1. The van der Waals surface area contributed by atoms with E-state index >= 15 is 0 Å². The molecule has 2 aromatic rings. The van der Waals surface area contributed by atoms with Gasteiger partial charge < -0.3 is 10.4 Å². The van der Waals surface area contributed by atoms with Crippen LogP contribution in [-0.4, -0.2) is 11.7 Å². The van der Waals surface area contributed by atoms with E-state index in [0.717, 1.165) is 11.3 Å². The third kappa shape index (κ3) is 3.61. The van der Waals surface area contributed by atoms with Crippen LogP contribution in [0.5, 0.6) is 0 Å². The van der Waals surface area contributed by atoms with E-state index in [1.807, 2.05) is 43.3 Å². The molecular weight excluding hydrogens is 246 g/mol. The van der Waals surface area contributed by atoms with E-state index in [1.165, 1.54) is 5.56 Å². The Labute approximate surface area is 121 Å².